The highest BCUT2D eigenvalue weighted by molar-refractivity contribution is 5.91. The summed E-state index contributed by atoms with van der Waals surface area (Å²) in [5.74, 6) is -0.0263. The van der Waals surface area contributed by atoms with Gasteiger partial charge in [-0.05, 0) is 24.6 Å². The molecule has 0 aliphatic heterocycles. The normalized spacial score (nSPS) is 9.89. The molecule has 0 heterocycles. The number of hydrogen-bond donors (Lipinski definition) is 2. The molecule has 0 spiro atoms. The summed E-state index contributed by atoms with van der Waals surface area (Å²) in [6.45, 7) is 3.99. The van der Waals surface area contributed by atoms with Crippen molar-refractivity contribution in [3.05, 3.63) is 23.8 Å². The van der Waals surface area contributed by atoms with Gasteiger partial charge < -0.3 is 15.5 Å². The first-order chi connectivity index (χ1) is 8.93. The maximum Gasteiger partial charge on any atom is 0.241 e. The lowest BCUT2D eigenvalue weighted by atomic mass is 10.1. The van der Waals surface area contributed by atoms with Crippen molar-refractivity contribution in [2.75, 3.05) is 31.3 Å². The molecule has 0 radical (unpaired) electrons. The number of likely N-dealkylation sites (N-methyl/N-ethyl adjacent to an activating group) is 1. The lowest BCUT2D eigenvalue weighted by Gasteiger charge is -2.14. The molecule has 0 saturated heterocycles. The lowest BCUT2D eigenvalue weighted by Crippen LogP contribution is -2.28. The largest absolute Gasteiger partial charge is 0.376 e. The zero-order valence-electron chi connectivity index (χ0n) is 11.9. The Morgan fingerprint density at radius 3 is 2.53 bits per heavy atom. The van der Waals surface area contributed by atoms with E-state index in [9.17, 15) is 9.59 Å². The van der Waals surface area contributed by atoms with Gasteiger partial charge >= 0.3 is 0 Å². The molecule has 0 fully saturated rings. The minimum Gasteiger partial charge on any atom is -0.376 e. The summed E-state index contributed by atoms with van der Waals surface area (Å²) >= 11 is 0. The van der Waals surface area contributed by atoms with Gasteiger partial charge in [-0.15, -0.1) is 0 Å². The average Bonchev–Trinajstić information content (AvgIpc) is 2.38. The first-order valence-corrected chi connectivity index (χ1v) is 6.28. The number of nitrogens with one attached hydrogen (secondary N) is 2. The molecule has 0 saturated carbocycles. The summed E-state index contributed by atoms with van der Waals surface area (Å²) in [6, 6.07) is 5.60. The Kier molecular flexibility index (Phi) is 5.36. The summed E-state index contributed by atoms with van der Waals surface area (Å²) in [7, 11) is 3.43. The summed E-state index contributed by atoms with van der Waals surface area (Å²) in [5.41, 5.74) is 2.61. The van der Waals surface area contributed by atoms with Gasteiger partial charge in [0.1, 0.15) is 0 Å². The average molecular weight is 263 g/mol. The molecule has 0 aliphatic carbocycles. The van der Waals surface area contributed by atoms with Crippen LogP contribution < -0.4 is 10.6 Å². The smallest absolute Gasteiger partial charge is 0.241 e. The molecular formula is C14H21N3O2. The number of anilines is 2. The monoisotopic (exact) mass is 263 g/mol. The molecule has 0 atom stereocenters. The van der Waals surface area contributed by atoms with Gasteiger partial charge in [-0.3, -0.25) is 9.59 Å². The Labute approximate surface area is 114 Å². The molecule has 5 heteroatoms. The molecule has 19 heavy (non-hydrogen) atoms. The maximum absolute atomic E-state index is 11.5. The van der Waals surface area contributed by atoms with Crippen molar-refractivity contribution < 1.29 is 9.59 Å². The summed E-state index contributed by atoms with van der Waals surface area (Å²) in [5, 5.41) is 5.88. The number of nitrogens with zero attached hydrogens (tertiary/aromatic N) is 1. The van der Waals surface area contributed by atoms with Crippen LogP contribution in [0.15, 0.2) is 18.2 Å². The molecule has 104 valence electrons. The Bertz CT molecular complexity index is 470. The van der Waals surface area contributed by atoms with E-state index >= 15 is 0 Å². The minimum absolute atomic E-state index is 0.00222. The highest BCUT2D eigenvalue weighted by Gasteiger charge is 2.06. The van der Waals surface area contributed by atoms with Crippen LogP contribution in [-0.4, -0.2) is 37.4 Å². The molecule has 1 aromatic rings. The van der Waals surface area contributed by atoms with Crippen molar-refractivity contribution in [2.24, 2.45) is 0 Å². The molecule has 5 nitrogen and oxygen atoms in total. The third-order valence-corrected chi connectivity index (χ3v) is 2.77. The Balaban J connectivity index is 2.74. The molecule has 0 unspecified atom stereocenters. The van der Waals surface area contributed by atoms with E-state index in [4.69, 9.17) is 0 Å². The van der Waals surface area contributed by atoms with Gasteiger partial charge in [-0.2, -0.15) is 0 Å². The van der Waals surface area contributed by atoms with E-state index in [-0.39, 0.29) is 18.4 Å². The van der Waals surface area contributed by atoms with Crippen LogP contribution in [-0.2, 0) is 9.59 Å². The summed E-state index contributed by atoms with van der Waals surface area (Å²) in [4.78, 5) is 24.4. The van der Waals surface area contributed by atoms with Crippen molar-refractivity contribution in [2.45, 2.75) is 20.3 Å². The molecular weight excluding hydrogens is 242 g/mol. The Hall–Kier alpha value is -2.04. The fraction of sp³-hybridized carbons (Fsp3) is 0.429. The summed E-state index contributed by atoms with van der Waals surface area (Å²) < 4.78 is 0. The van der Waals surface area contributed by atoms with Crippen LogP contribution in [0.25, 0.3) is 0 Å². The third kappa shape index (κ3) is 4.62. The van der Waals surface area contributed by atoms with E-state index < -0.39 is 0 Å². The fourth-order valence-corrected chi connectivity index (χ4v) is 1.47. The zero-order valence-corrected chi connectivity index (χ0v) is 11.9. The highest BCUT2D eigenvalue weighted by Crippen LogP contribution is 2.20. The molecule has 2 N–H and O–H groups in total. The number of benzene rings is 1. The number of hydrogen-bond acceptors (Lipinski definition) is 3. The molecule has 1 aromatic carbocycles. The second-order valence-corrected chi connectivity index (χ2v) is 4.57. The molecule has 0 aromatic heterocycles. The minimum atomic E-state index is -0.0285. The number of rotatable bonds is 5. The third-order valence-electron chi connectivity index (χ3n) is 2.77. The van der Waals surface area contributed by atoms with Crippen molar-refractivity contribution >= 4 is 23.2 Å². The van der Waals surface area contributed by atoms with E-state index in [1.165, 1.54) is 4.90 Å². The van der Waals surface area contributed by atoms with Gasteiger partial charge in [0, 0.05) is 31.9 Å². The van der Waals surface area contributed by atoms with Gasteiger partial charge in [0.25, 0.3) is 0 Å². The second-order valence-electron chi connectivity index (χ2n) is 4.57. The van der Waals surface area contributed by atoms with Crippen LogP contribution >= 0.6 is 0 Å². The molecule has 1 rings (SSSR count). The number of carbonyl (C=O) groups excluding carboxylic acids is 2. The lowest BCUT2D eigenvalue weighted by molar-refractivity contribution is -0.126. The quantitative estimate of drug-likeness (QED) is 0.852. The standard InChI is InChI=1S/C14H21N3O2/c1-5-13(18)16-11-7-6-10(2)12(8-11)15-9-14(19)17(3)4/h6-8,15H,5,9H2,1-4H3,(H,16,18). The van der Waals surface area contributed by atoms with Gasteiger partial charge in [-0.1, -0.05) is 13.0 Å². The Morgan fingerprint density at radius 2 is 1.95 bits per heavy atom. The first kappa shape index (κ1) is 15.0. The SMILES string of the molecule is CCC(=O)Nc1ccc(C)c(NCC(=O)N(C)C)c1. The van der Waals surface area contributed by atoms with Crippen LogP contribution in [0, 0.1) is 6.92 Å². The van der Waals surface area contributed by atoms with Gasteiger partial charge in [-0.25, -0.2) is 0 Å². The second kappa shape index (κ2) is 6.78. The van der Waals surface area contributed by atoms with Gasteiger partial charge in [0.2, 0.25) is 11.8 Å². The highest BCUT2D eigenvalue weighted by atomic mass is 16.2. The fourth-order valence-electron chi connectivity index (χ4n) is 1.47. The van der Waals surface area contributed by atoms with E-state index in [2.05, 4.69) is 10.6 Å². The Morgan fingerprint density at radius 1 is 1.26 bits per heavy atom. The van der Waals surface area contributed by atoms with E-state index in [1.54, 1.807) is 21.0 Å². The van der Waals surface area contributed by atoms with Crippen LogP contribution in [0.4, 0.5) is 11.4 Å². The van der Waals surface area contributed by atoms with Crippen molar-refractivity contribution in [3.63, 3.8) is 0 Å². The molecule has 2 amide bonds. The first-order valence-electron chi connectivity index (χ1n) is 6.28. The maximum atomic E-state index is 11.5. The van der Waals surface area contributed by atoms with Gasteiger partial charge in [0.05, 0.1) is 6.54 Å². The van der Waals surface area contributed by atoms with E-state index in [1.807, 2.05) is 25.1 Å². The van der Waals surface area contributed by atoms with E-state index in [0.717, 1.165) is 16.9 Å². The van der Waals surface area contributed by atoms with Gasteiger partial charge in [0.15, 0.2) is 0 Å². The van der Waals surface area contributed by atoms with Crippen molar-refractivity contribution in [1.29, 1.82) is 0 Å². The number of aryl methyl sites for hydroxylation is 1. The van der Waals surface area contributed by atoms with Crippen molar-refractivity contribution in [3.8, 4) is 0 Å². The predicted molar refractivity (Wildman–Crippen MR) is 77.3 cm³/mol. The predicted octanol–water partition coefficient (Wildman–Crippen LogP) is 1.84. The number of carbonyl (C=O) groups is 2. The molecule has 0 aliphatic rings. The number of amides is 2. The van der Waals surface area contributed by atoms with E-state index in [0.29, 0.717) is 6.42 Å². The van der Waals surface area contributed by atoms with Crippen molar-refractivity contribution in [1.82, 2.24) is 4.90 Å². The zero-order chi connectivity index (χ0) is 14.4. The van der Waals surface area contributed by atoms with Crippen LogP contribution in [0.5, 0.6) is 0 Å². The van der Waals surface area contributed by atoms with Crippen LogP contribution in [0.1, 0.15) is 18.9 Å². The summed E-state index contributed by atoms with van der Waals surface area (Å²) in [6.07, 6.45) is 0.440. The van der Waals surface area contributed by atoms with Crippen LogP contribution in [0.2, 0.25) is 0 Å². The topological polar surface area (TPSA) is 61.4 Å². The molecule has 0 bridgehead atoms. The van der Waals surface area contributed by atoms with Crippen LogP contribution in [0.3, 0.4) is 0 Å².